The Hall–Kier alpha value is -3.72. The highest BCUT2D eigenvalue weighted by molar-refractivity contribution is 5.97. The van der Waals surface area contributed by atoms with Crippen molar-refractivity contribution in [3.8, 4) is 22.5 Å². The van der Waals surface area contributed by atoms with E-state index < -0.39 is 5.66 Å². The summed E-state index contributed by atoms with van der Waals surface area (Å²) >= 11 is 0. The van der Waals surface area contributed by atoms with Crippen LogP contribution in [0.15, 0.2) is 83.5 Å². The minimum Gasteiger partial charge on any atom is -0.460 e. The average Bonchev–Trinajstić information content (AvgIpc) is 3.47. The number of fused-ring (bicyclic) bond motifs is 14. The molecule has 0 saturated carbocycles. The van der Waals surface area contributed by atoms with Gasteiger partial charge in [-0.1, -0.05) is 12.1 Å². The second-order valence-electron chi connectivity index (χ2n) is 9.71. The minimum absolute atomic E-state index is 0.453. The summed E-state index contributed by atoms with van der Waals surface area (Å²) in [6.45, 7) is 2.18. The van der Waals surface area contributed by atoms with Crippen LogP contribution in [-0.2, 0) is 18.5 Å². The lowest BCUT2D eigenvalue weighted by Crippen LogP contribution is -2.71. The molecule has 0 amide bonds. The number of rotatable bonds is 0. The van der Waals surface area contributed by atoms with Gasteiger partial charge in [-0.2, -0.15) is 0 Å². The van der Waals surface area contributed by atoms with E-state index in [4.69, 9.17) is 4.42 Å². The normalized spacial score (nSPS) is 19.3. The summed E-state index contributed by atoms with van der Waals surface area (Å²) in [7, 11) is 0. The van der Waals surface area contributed by atoms with Gasteiger partial charge in [0.2, 0.25) is 11.4 Å². The van der Waals surface area contributed by atoms with Gasteiger partial charge in [0.25, 0.3) is 0 Å². The van der Waals surface area contributed by atoms with E-state index in [0.717, 1.165) is 18.4 Å². The summed E-state index contributed by atoms with van der Waals surface area (Å²) in [6, 6.07) is 24.6. The fourth-order valence-electron chi connectivity index (χ4n) is 6.68. The lowest BCUT2D eigenvalue weighted by atomic mass is 9.88. The lowest BCUT2D eigenvalue weighted by Gasteiger charge is -2.17. The topological polar surface area (TPSA) is 20.9 Å². The third kappa shape index (κ3) is 1.98. The van der Waals surface area contributed by atoms with Crippen LogP contribution in [0, 0.1) is 6.92 Å². The van der Waals surface area contributed by atoms with Crippen molar-refractivity contribution in [1.29, 1.82) is 0 Å². The second-order valence-corrected chi connectivity index (χ2v) is 9.71. The molecule has 3 nitrogen and oxygen atoms in total. The van der Waals surface area contributed by atoms with E-state index in [-0.39, 0.29) is 0 Å². The van der Waals surface area contributed by atoms with Crippen molar-refractivity contribution in [2.75, 3.05) is 0 Å². The van der Waals surface area contributed by atoms with Gasteiger partial charge in [0.15, 0.2) is 12.4 Å². The molecular weight excluding hydrogens is 404 g/mol. The van der Waals surface area contributed by atoms with Crippen molar-refractivity contribution in [1.82, 2.24) is 0 Å². The monoisotopic (exact) mass is 428 g/mol. The van der Waals surface area contributed by atoms with Gasteiger partial charge in [0.1, 0.15) is 28.0 Å². The van der Waals surface area contributed by atoms with Crippen molar-refractivity contribution < 1.29 is 13.6 Å². The molecule has 1 spiro atoms. The second kappa shape index (κ2) is 5.99. The minimum atomic E-state index is -0.453. The zero-order valence-corrected chi connectivity index (χ0v) is 18.6. The molecule has 3 aliphatic rings. The summed E-state index contributed by atoms with van der Waals surface area (Å²) in [5.74, 6) is 1.20. The van der Waals surface area contributed by atoms with E-state index in [1.54, 1.807) is 0 Å². The Labute approximate surface area is 192 Å². The molecule has 0 radical (unpaired) electrons. The van der Waals surface area contributed by atoms with Gasteiger partial charge in [0.05, 0.1) is 5.56 Å². The van der Waals surface area contributed by atoms with Crippen LogP contribution in [0.5, 0.6) is 0 Å². The first-order valence-electron chi connectivity index (χ1n) is 12.0. The van der Waals surface area contributed by atoms with Gasteiger partial charge in [-0.3, -0.25) is 0 Å². The van der Waals surface area contributed by atoms with E-state index in [1.807, 2.05) is 0 Å². The molecule has 3 heteroatoms. The largest absolute Gasteiger partial charge is 0.460 e. The molecule has 0 fully saturated rings. The molecule has 2 aliphatic heterocycles. The Morgan fingerprint density at radius 2 is 1.67 bits per heavy atom. The molecule has 1 unspecified atom stereocenters. The van der Waals surface area contributed by atoms with Crippen LogP contribution < -0.4 is 9.13 Å². The molecule has 0 bridgehead atoms. The van der Waals surface area contributed by atoms with Gasteiger partial charge < -0.3 is 4.42 Å². The Balaban J connectivity index is 1.58. The van der Waals surface area contributed by atoms with E-state index in [2.05, 4.69) is 95.2 Å². The van der Waals surface area contributed by atoms with Crippen LogP contribution in [0.2, 0.25) is 0 Å². The Morgan fingerprint density at radius 1 is 0.788 bits per heavy atom. The molecule has 1 atom stereocenters. The number of hydrogen-bond donors (Lipinski definition) is 0. The molecule has 0 N–H and O–H groups in total. The van der Waals surface area contributed by atoms with Gasteiger partial charge in [-0.05, 0) is 62.6 Å². The quantitative estimate of drug-likeness (QED) is 0.294. The van der Waals surface area contributed by atoms with Crippen molar-refractivity contribution in [3.63, 3.8) is 0 Å². The van der Waals surface area contributed by atoms with Crippen LogP contribution in [0.1, 0.15) is 40.9 Å². The summed E-state index contributed by atoms with van der Waals surface area (Å²) in [4.78, 5) is 0. The maximum atomic E-state index is 6.67. The Kier molecular flexibility index (Phi) is 3.23. The fraction of sp³-hybridized carbons (Fsp3) is 0.200. The highest BCUT2D eigenvalue weighted by Gasteiger charge is 2.67. The number of benzene rings is 2. The molecule has 5 heterocycles. The zero-order valence-electron chi connectivity index (χ0n) is 18.6. The number of nitrogens with zero attached hydrogens (tertiary/aromatic N) is 2. The van der Waals surface area contributed by atoms with Crippen LogP contribution >= 0.6 is 0 Å². The molecule has 8 rings (SSSR count). The van der Waals surface area contributed by atoms with Gasteiger partial charge in [0, 0.05) is 41.1 Å². The number of pyridine rings is 2. The summed E-state index contributed by atoms with van der Waals surface area (Å²) in [5, 5.41) is 1.30. The maximum absolute atomic E-state index is 6.67. The third-order valence-electron chi connectivity index (χ3n) is 7.99. The predicted molar refractivity (Wildman–Crippen MR) is 127 cm³/mol. The SMILES string of the molecule is Cc1ccc2[n+](c1)C1(c3ccccc3-2)c2ccc3c4c(oc3c2-c2cccc[n+]21)CCCC4. The molecule has 1 aliphatic carbocycles. The molecule has 3 aromatic heterocycles. The number of aromatic nitrogens is 2. The molecular formula is C30H24N2O+2. The van der Waals surface area contributed by atoms with Crippen LogP contribution in [0.3, 0.4) is 0 Å². The third-order valence-corrected chi connectivity index (χ3v) is 7.99. The highest BCUT2D eigenvalue weighted by Crippen LogP contribution is 2.50. The molecule has 2 aromatic carbocycles. The van der Waals surface area contributed by atoms with Gasteiger partial charge >= 0.3 is 5.66 Å². The van der Waals surface area contributed by atoms with Crippen LogP contribution in [0.25, 0.3) is 33.5 Å². The molecule has 5 aromatic rings. The smallest absolute Gasteiger partial charge is 0.417 e. The number of hydrogen-bond acceptors (Lipinski definition) is 1. The summed E-state index contributed by atoms with van der Waals surface area (Å²) in [5.41, 5.74) is 10.9. The molecule has 158 valence electrons. The van der Waals surface area contributed by atoms with Gasteiger partial charge in [-0.25, -0.2) is 0 Å². The Bertz CT molecular complexity index is 1640. The van der Waals surface area contributed by atoms with Crippen molar-refractivity contribution in [2.24, 2.45) is 0 Å². The number of furan rings is 1. The average molecular weight is 429 g/mol. The first-order chi connectivity index (χ1) is 16.3. The van der Waals surface area contributed by atoms with Crippen LogP contribution in [-0.4, -0.2) is 0 Å². The van der Waals surface area contributed by atoms with E-state index in [1.165, 1.54) is 68.8 Å². The fourth-order valence-corrected chi connectivity index (χ4v) is 6.68. The summed E-state index contributed by atoms with van der Waals surface area (Å²) < 4.78 is 11.6. The maximum Gasteiger partial charge on any atom is 0.417 e. The first-order valence-corrected chi connectivity index (χ1v) is 12.0. The van der Waals surface area contributed by atoms with E-state index >= 15 is 0 Å². The summed E-state index contributed by atoms with van der Waals surface area (Å²) in [6.07, 6.45) is 9.21. The first kappa shape index (κ1) is 17.8. The van der Waals surface area contributed by atoms with Crippen molar-refractivity contribution in [3.05, 3.63) is 107 Å². The molecule has 33 heavy (non-hydrogen) atoms. The van der Waals surface area contributed by atoms with Crippen molar-refractivity contribution in [2.45, 2.75) is 38.3 Å². The Morgan fingerprint density at radius 3 is 2.64 bits per heavy atom. The number of aryl methyl sites for hydroxylation is 3. The predicted octanol–water partition coefficient (Wildman–Crippen LogP) is 5.45. The van der Waals surface area contributed by atoms with E-state index in [9.17, 15) is 0 Å². The highest BCUT2D eigenvalue weighted by atomic mass is 16.3. The standard InChI is InChI=1S/C30H24N2O/c1-19-13-16-25-22-9-2-4-10-23(22)30(32(25)18-19)24-15-14-21-20-8-3-5-12-27(20)33-29(21)28(24)26-11-6-7-17-31(26)30/h2,4,6-7,9-11,13-18H,3,5,8,12H2,1H3/q+2. The molecule has 0 saturated heterocycles. The van der Waals surface area contributed by atoms with Crippen LogP contribution in [0.4, 0.5) is 0 Å². The van der Waals surface area contributed by atoms with Crippen molar-refractivity contribution >= 4 is 11.0 Å². The lowest BCUT2D eigenvalue weighted by molar-refractivity contribution is -0.955. The van der Waals surface area contributed by atoms with Gasteiger partial charge in [-0.15, -0.1) is 9.13 Å². The zero-order chi connectivity index (χ0) is 21.7. The van der Waals surface area contributed by atoms with E-state index in [0.29, 0.717) is 0 Å².